The first-order valence-corrected chi connectivity index (χ1v) is 8.87. The van der Waals surface area contributed by atoms with Crippen LogP contribution in [0.1, 0.15) is 60.8 Å². The topological polar surface area (TPSA) is 51.3 Å². The van der Waals surface area contributed by atoms with Crippen LogP contribution in [0, 0.1) is 13.8 Å². The summed E-state index contributed by atoms with van der Waals surface area (Å²) in [6.45, 7) is 8.48. The van der Waals surface area contributed by atoms with E-state index in [-0.39, 0.29) is 18.0 Å². The van der Waals surface area contributed by atoms with Gasteiger partial charge in [0, 0.05) is 12.1 Å². The van der Waals surface area contributed by atoms with Crippen molar-refractivity contribution in [2.75, 3.05) is 0 Å². The van der Waals surface area contributed by atoms with E-state index in [4.69, 9.17) is 16.0 Å². The fraction of sp³-hybridized carbons (Fsp3) is 0.556. The number of hydrogen-bond acceptors (Lipinski definition) is 3. The zero-order valence-corrected chi connectivity index (χ0v) is 15.4. The Hall–Kier alpha value is -1.75. The standard InChI is InChI=1S/C18H24ClN3O2/c1-11-6-5-7-12(2)22(11)18(23)16-9-8-15(24-16)10-21-14(4)17(19)13(3)20-21/h8-9,11-12H,5-7,10H2,1-4H3/t11-,12-/m0/s1. The second kappa shape index (κ2) is 6.63. The minimum Gasteiger partial charge on any atom is -0.454 e. The second-order valence-electron chi connectivity index (χ2n) is 6.75. The smallest absolute Gasteiger partial charge is 0.290 e. The highest BCUT2D eigenvalue weighted by Crippen LogP contribution is 2.26. The molecule has 5 nitrogen and oxygen atoms in total. The maximum absolute atomic E-state index is 12.8. The third-order valence-electron chi connectivity index (χ3n) is 4.90. The van der Waals surface area contributed by atoms with Crippen LogP contribution in [0.25, 0.3) is 0 Å². The minimum absolute atomic E-state index is 0.0210. The van der Waals surface area contributed by atoms with Crippen molar-refractivity contribution in [1.29, 1.82) is 0 Å². The molecule has 0 spiro atoms. The molecule has 0 bridgehead atoms. The van der Waals surface area contributed by atoms with Crippen LogP contribution in [0.3, 0.4) is 0 Å². The van der Waals surface area contributed by atoms with Gasteiger partial charge in [0.25, 0.3) is 5.91 Å². The van der Waals surface area contributed by atoms with Gasteiger partial charge in [0.1, 0.15) is 5.76 Å². The molecule has 0 N–H and O–H groups in total. The normalized spacial score (nSPS) is 21.3. The van der Waals surface area contributed by atoms with Crippen LogP contribution >= 0.6 is 11.6 Å². The number of furan rings is 1. The van der Waals surface area contributed by atoms with E-state index in [2.05, 4.69) is 18.9 Å². The summed E-state index contributed by atoms with van der Waals surface area (Å²) >= 11 is 6.18. The molecule has 1 fully saturated rings. The zero-order chi connectivity index (χ0) is 17.4. The molecule has 0 radical (unpaired) electrons. The largest absolute Gasteiger partial charge is 0.454 e. The number of likely N-dealkylation sites (tertiary alicyclic amines) is 1. The summed E-state index contributed by atoms with van der Waals surface area (Å²) in [6, 6.07) is 4.12. The molecule has 0 saturated carbocycles. The van der Waals surface area contributed by atoms with Gasteiger partial charge in [0.2, 0.25) is 0 Å². The SMILES string of the molecule is Cc1nn(Cc2ccc(C(=O)N3[C@@H](C)CCC[C@@H]3C)o2)c(C)c1Cl. The van der Waals surface area contributed by atoms with Crippen molar-refractivity contribution in [3.8, 4) is 0 Å². The lowest BCUT2D eigenvalue weighted by Gasteiger charge is -2.38. The lowest BCUT2D eigenvalue weighted by atomic mass is 9.97. The van der Waals surface area contributed by atoms with Crippen LogP contribution in [0.2, 0.25) is 5.02 Å². The van der Waals surface area contributed by atoms with Gasteiger partial charge >= 0.3 is 0 Å². The molecule has 3 rings (SSSR count). The molecule has 3 heterocycles. The maximum Gasteiger partial charge on any atom is 0.290 e. The van der Waals surface area contributed by atoms with Gasteiger partial charge in [-0.1, -0.05) is 11.6 Å². The Kier molecular flexibility index (Phi) is 4.72. The summed E-state index contributed by atoms with van der Waals surface area (Å²) in [5, 5.41) is 5.08. The van der Waals surface area contributed by atoms with Crippen molar-refractivity contribution in [3.05, 3.63) is 40.1 Å². The highest BCUT2D eigenvalue weighted by molar-refractivity contribution is 6.31. The first kappa shape index (κ1) is 17.1. The summed E-state index contributed by atoms with van der Waals surface area (Å²) in [5.41, 5.74) is 1.70. The van der Waals surface area contributed by atoms with Crippen molar-refractivity contribution in [3.63, 3.8) is 0 Å². The van der Waals surface area contributed by atoms with Crippen LogP contribution in [0.4, 0.5) is 0 Å². The molecule has 2 atom stereocenters. The first-order valence-electron chi connectivity index (χ1n) is 8.49. The van der Waals surface area contributed by atoms with Gasteiger partial charge in [-0.05, 0) is 59.1 Å². The predicted octanol–water partition coefficient (Wildman–Crippen LogP) is 4.20. The average Bonchev–Trinajstić information content (AvgIpc) is 3.09. The number of halogens is 1. The molecular weight excluding hydrogens is 326 g/mol. The molecule has 130 valence electrons. The Morgan fingerprint density at radius 3 is 2.54 bits per heavy atom. The quantitative estimate of drug-likeness (QED) is 0.834. The van der Waals surface area contributed by atoms with Crippen molar-refractivity contribution < 1.29 is 9.21 Å². The molecule has 2 aromatic heterocycles. The number of amides is 1. The molecule has 1 aliphatic rings. The van der Waals surface area contributed by atoms with Gasteiger partial charge in [-0.15, -0.1) is 0 Å². The zero-order valence-electron chi connectivity index (χ0n) is 14.7. The number of rotatable bonds is 3. The predicted molar refractivity (Wildman–Crippen MR) is 93.5 cm³/mol. The van der Waals surface area contributed by atoms with E-state index in [1.54, 1.807) is 10.7 Å². The Balaban J connectivity index is 1.77. The molecule has 24 heavy (non-hydrogen) atoms. The van der Waals surface area contributed by atoms with E-state index >= 15 is 0 Å². The highest BCUT2D eigenvalue weighted by atomic mass is 35.5. The van der Waals surface area contributed by atoms with E-state index in [0.29, 0.717) is 23.1 Å². The third kappa shape index (κ3) is 3.09. The molecule has 2 aromatic rings. The molecule has 1 amide bonds. The Morgan fingerprint density at radius 2 is 1.96 bits per heavy atom. The summed E-state index contributed by atoms with van der Waals surface area (Å²) < 4.78 is 7.61. The Bertz CT molecular complexity index is 740. The van der Waals surface area contributed by atoms with Gasteiger partial charge in [0.05, 0.1) is 23.0 Å². The molecule has 0 aromatic carbocycles. The first-order chi connectivity index (χ1) is 11.4. The lowest BCUT2D eigenvalue weighted by molar-refractivity contribution is 0.0476. The number of aryl methyl sites for hydroxylation is 1. The van der Waals surface area contributed by atoms with Gasteiger partial charge < -0.3 is 9.32 Å². The van der Waals surface area contributed by atoms with E-state index < -0.39 is 0 Å². The molecule has 6 heteroatoms. The molecular formula is C18H24ClN3O2. The number of hydrogen-bond donors (Lipinski definition) is 0. The Labute approximate surface area is 147 Å². The lowest BCUT2D eigenvalue weighted by Crippen LogP contribution is -2.47. The molecule has 1 saturated heterocycles. The van der Waals surface area contributed by atoms with Crippen LogP contribution in [0.15, 0.2) is 16.5 Å². The van der Waals surface area contributed by atoms with Crippen LogP contribution in [0.5, 0.6) is 0 Å². The summed E-state index contributed by atoms with van der Waals surface area (Å²) in [7, 11) is 0. The van der Waals surface area contributed by atoms with Gasteiger partial charge in [-0.25, -0.2) is 0 Å². The monoisotopic (exact) mass is 349 g/mol. The molecule has 1 aliphatic heterocycles. The third-order valence-corrected chi connectivity index (χ3v) is 5.45. The fourth-order valence-electron chi connectivity index (χ4n) is 3.50. The molecule has 0 aliphatic carbocycles. The van der Waals surface area contributed by atoms with E-state index in [1.807, 2.05) is 24.8 Å². The number of carbonyl (C=O) groups excluding carboxylic acids is 1. The van der Waals surface area contributed by atoms with Gasteiger partial charge in [-0.2, -0.15) is 5.10 Å². The number of aromatic nitrogens is 2. The highest BCUT2D eigenvalue weighted by Gasteiger charge is 2.31. The summed E-state index contributed by atoms with van der Waals surface area (Å²) in [5.74, 6) is 1.09. The van der Waals surface area contributed by atoms with Crippen LogP contribution < -0.4 is 0 Å². The second-order valence-corrected chi connectivity index (χ2v) is 7.13. The molecule has 0 unspecified atom stereocenters. The van der Waals surface area contributed by atoms with E-state index in [0.717, 1.165) is 24.2 Å². The summed E-state index contributed by atoms with van der Waals surface area (Å²) in [4.78, 5) is 14.8. The number of nitrogens with zero attached hydrogens (tertiary/aromatic N) is 3. The number of carbonyl (C=O) groups is 1. The van der Waals surface area contributed by atoms with Gasteiger partial charge in [0.15, 0.2) is 5.76 Å². The van der Waals surface area contributed by atoms with E-state index in [1.165, 1.54) is 6.42 Å². The fourth-order valence-corrected chi connectivity index (χ4v) is 3.64. The minimum atomic E-state index is -0.0210. The van der Waals surface area contributed by atoms with Crippen molar-refractivity contribution in [2.24, 2.45) is 0 Å². The van der Waals surface area contributed by atoms with Crippen molar-refractivity contribution in [1.82, 2.24) is 14.7 Å². The Morgan fingerprint density at radius 1 is 1.29 bits per heavy atom. The van der Waals surface area contributed by atoms with Crippen molar-refractivity contribution in [2.45, 2.75) is 65.6 Å². The summed E-state index contributed by atoms with van der Waals surface area (Å²) in [6.07, 6.45) is 3.27. The van der Waals surface area contributed by atoms with E-state index in [9.17, 15) is 4.79 Å². The van der Waals surface area contributed by atoms with Crippen LogP contribution in [-0.4, -0.2) is 32.7 Å². The maximum atomic E-state index is 12.8. The number of piperidine rings is 1. The van der Waals surface area contributed by atoms with Gasteiger partial charge in [-0.3, -0.25) is 9.48 Å². The van der Waals surface area contributed by atoms with Crippen molar-refractivity contribution >= 4 is 17.5 Å². The average molecular weight is 350 g/mol. The van der Waals surface area contributed by atoms with Crippen LogP contribution in [-0.2, 0) is 6.54 Å².